The Hall–Kier alpha value is -4.07. The first-order valence-electron chi connectivity index (χ1n) is 11.2. The van der Waals surface area contributed by atoms with Crippen LogP contribution in [0.3, 0.4) is 0 Å². The fraction of sp³-hybridized carbons (Fsp3) is 0.269. The third kappa shape index (κ3) is 4.52. The van der Waals surface area contributed by atoms with Crippen molar-refractivity contribution >= 4 is 23.3 Å². The van der Waals surface area contributed by atoms with Crippen LogP contribution >= 0.6 is 0 Å². The molecule has 0 atom stereocenters. The van der Waals surface area contributed by atoms with Crippen LogP contribution in [0.5, 0.6) is 11.5 Å². The third-order valence-electron chi connectivity index (χ3n) is 5.92. The SMILES string of the molecule is O=C(COc1ccccc1)c1ccc2c(c1)N(Cc1ccc(C(=O)N3CCCC3)o1)C(=O)CO2. The zero-order valence-electron chi connectivity index (χ0n) is 18.6. The number of carbonyl (C=O) groups excluding carboxylic acids is 3. The number of ketones is 1. The van der Waals surface area contributed by atoms with Crippen LogP contribution in [0, 0.1) is 0 Å². The summed E-state index contributed by atoms with van der Waals surface area (Å²) in [6, 6.07) is 17.4. The van der Waals surface area contributed by atoms with Gasteiger partial charge in [0.2, 0.25) is 0 Å². The molecule has 34 heavy (non-hydrogen) atoms. The molecule has 0 aliphatic carbocycles. The van der Waals surface area contributed by atoms with Gasteiger partial charge in [-0.1, -0.05) is 18.2 Å². The number of benzene rings is 2. The Labute approximate surface area is 196 Å². The van der Waals surface area contributed by atoms with Gasteiger partial charge in [0.1, 0.15) is 17.3 Å². The number of amides is 2. The molecule has 0 saturated carbocycles. The number of hydrogen-bond acceptors (Lipinski definition) is 6. The minimum absolute atomic E-state index is 0.113. The van der Waals surface area contributed by atoms with Gasteiger partial charge in [-0.05, 0) is 55.3 Å². The van der Waals surface area contributed by atoms with E-state index in [9.17, 15) is 14.4 Å². The summed E-state index contributed by atoms with van der Waals surface area (Å²) >= 11 is 0. The summed E-state index contributed by atoms with van der Waals surface area (Å²) < 4.78 is 16.9. The van der Waals surface area contributed by atoms with Crippen molar-refractivity contribution in [3.05, 3.63) is 77.7 Å². The largest absolute Gasteiger partial charge is 0.485 e. The minimum Gasteiger partial charge on any atom is -0.485 e. The molecule has 1 fully saturated rings. The van der Waals surface area contributed by atoms with Crippen LogP contribution in [0.25, 0.3) is 0 Å². The van der Waals surface area contributed by atoms with Gasteiger partial charge in [-0.3, -0.25) is 19.3 Å². The molecule has 3 aromatic rings. The quantitative estimate of drug-likeness (QED) is 0.500. The van der Waals surface area contributed by atoms with Gasteiger partial charge in [-0.2, -0.15) is 0 Å². The zero-order valence-corrected chi connectivity index (χ0v) is 18.6. The summed E-state index contributed by atoms with van der Waals surface area (Å²) in [5.41, 5.74) is 0.882. The molecule has 3 heterocycles. The first-order valence-corrected chi connectivity index (χ1v) is 11.2. The van der Waals surface area contributed by atoms with E-state index in [1.54, 1.807) is 47.4 Å². The van der Waals surface area contributed by atoms with E-state index in [1.165, 1.54) is 4.90 Å². The Morgan fingerprint density at radius 2 is 1.76 bits per heavy atom. The Balaban J connectivity index is 1.32. The second-order valence-electron chi connectivity index (χ2n) is 8.24. The highest BCUT2D eigenvalue weighted by Gasteiger charge is 2.29. The van der Waals surface area contributed by atoms with Crippen molar-refractivity contribution in [1.29, 1.82) is 0 Å². The highest BCUT2D eigenvalue weighted by molar-refractivity contribution is 6.02. The van der Waals surface area contributed by atoms with E-state index in [0.29, 0.717) is 28.5 Å². The average Bonchev–Trinajstić information content (AvgIpc) is 3.57. The van der Waals surface area contributed by atoms with Gasteiger partial charge in [-0.25, -0.2) is 0 Å². The Kier molecular flexibility index (Phi) is 6.03. The first-order chi connectivity index (χ1) is 16.6. The number of rotatable bonds is 7. The van der Waals surface area contributed by atoms with E-state index in [2.05, 4.69) is 0 Å². The molecule has 1 aromatic heterocycles. The lowest BCUT2D eigenvalue weighted by molar-refractivity contribution is -0.121. The molecular weight excluding hydrogens is 436 g/mol. The number of furan rings is 1. The van der Waals surface area contributed by atoms with Gasteiger partial charge in [-0.15, -0.1) is 0 Å². The molecule has 8 nitrogen and oxygen atoms in total. The summed E-state index contributed by atoms with van der Waals surface area (Å²) in [5, 5.41) is 0. The zero-order chi connectivity index (χ0) is 23.5. The van der Waals surface area contributed by atoms with Gasteiger partial charge < -0.3 is 18.8 Å². The van der Waals surface area contributed by atoms with Gasteiger partial charge in [0, 0.05) is 18.7 Å². The van der Waals surface area contributed by atoms with Crippen molar-refractivity contribution in [1.82, 2.24) is 4.90 Å². The lowest BCUT2D eigenvalue weighted by Gasteiger charge is -2.29. The molecule has 5 rings (SSSR count). The number of carbonyl (C=O) groups is 3. The number of nitrogens with zero attached hydrogens (tertiary/aromatic N) is 2. The molecule has 1 saturated heterocycles. The summed E-state index contributed by atoms with van der Waals surface area (Å²) in [6.45, 7) is 1.35. The van der Waals surface area contributed by atoms with Crippen molar-refractivity contribution in [2.75, 3.05) is 31.2 Å². The van der Waals surface area contributed by atoms with E-state index < -0.39 is 0 Å². The Bertz CT molecular complexity index is 1210. The normalized spacial score (nSPS) is 15.1. The molecule has 0 spiro atoms. The molecule has 2 aliphatic heterocycles. The van der Waals surface area contributed by atoms with Gasteiger partial charge >= 0.3 is 0 Å². The fourth-order valence-corrected chi connectivity index (χ4v) is 4.11. The van der Waals surface area contributed by atoms with Crippen LogP contribution < -0.4 is 14.4 Å². The molecule has 2 aliphatic rings. The second-order valence-corrected chi connectivity index (χ2v) is 8.24. The lowest BCUT2D eigenvalue weighted by Crippen LogP contribution is -2.38. The maximum Gasteiger partial charge on any atom is 0.289 e. The fourth-order valence-electron chi connectivity index (χ4n) is 4.11. The van der Waals surface area contributed by atoms with E-state index in [1.807, 2.05) is 18.2 Å². The predicted molar refractivity (Wildman–Crippen MR) is 123 cm³/mol. The van der Waals surface area contributed by atoms with Crippen molar-refractivity contribution in [3.63, 3.8) is 0 Å². The molecule has 174 valence electrons. The van der Waals surface area contributed by atoms with Crippen LogP contribution in [-0.4, -0.2) is 48.8 Å². The molecule has 0 N–H and O–H groups in total. The van der Waals surface area contributed by atoms with Crippen molar-refractivity contribution in [3.8, 4) is 11.5 Å². The number of hydrogen-bond donors (Lipinski definition) is 0. The highest BCUT2D eigenvalue weighted by Crippen LogP contribution is 2.34. The molecule has 2 amide bonds. The van der Waals surface area contributed by atoms with Gasteiger partial charge in [0.25, 0.3) is 11.8 Å². The van der Waals surface area contributed by atoms with E-state index in [4.69, 9.17) is 13.9 Å². The summed E-state index contributed by atoms with van der Waals surface area (Å²) in [7, 11) is 0. The van der Waals surface area contributed by atoms with Crippen LogP contribution in [0.15, 0.2) is 65.1 Å². The van der Waals surface area contributed by atoms with Crippen LogP contribution in [0.2, 0.25) is 0 Å². The summed E-state index contributed by atoms with van der Waals surface area (Å²) in [5.74, 6) is 1.23. The number of Topliss-reactive ketones (excluding diaryl/α,β-unsaturated/α-hetero) is 1. The number of fused-ring (bicyclic) bond motifs is 1. The average molecular weight is 460 g/mol. The van der Waals surface area contributed by atoms with Crippen molar-refractivity contribution in [2.24, 2.45) is 0 Å². The molecular formula is C26H24N2O6. The highest BCUT2D eigenvalue weighted by atomic mass is 16.5. The maximum absolute atomic E-state index is 12.7. The second kappa shape index (κ2) is 9.43. The Morgan fingerprint density at radius 3 is 2.56 bits per heavy atom. The van der Waals surface area contributed by atoms with E-state index >= 15 is 0 Å². The molecule has 8 heteroatoms. The third-order valence-corrected chi connectivity index (χ3v) is 5.92. The molecule has 2 aromatic carbocycles. The lowest BCUT2D eigenvalue weighted by atomic mass is 10.1. The molecule has 0 unspecified atom stereocenters. The molecule has 0 bridgehead atoms. The van der Waals surface area contributed by atoms with Crippen molar-refractivity contribution in [2.45, 2.75) is 19.4 Å². The number of likely N-dealkylation sites (tertiary alicyclic amines) is 1. The number of para-hydroxylation sites is 1. The number of anilines is 1. The summed E-state index contributed by atoms with van der Waals surface area (Å²) in [6.07, 6.45) is 1.99. The first kappa shape index (κ1) is 21.8. The smallest absolute Gasteiger partial charge is 0.289 e. The predicted octanol–water partition coefficient (Wildman–Crippen LogP) is 3.70. The monoisotopic (exact) mass is 460 g/mol. The topological polar surface area (TPSA) is 89.3 Å². The standard InChI is InChI=1S/C26H24N2O6/c29-22(16-32-19-6-2-1-3-7-19)18-8-10-23-21(14-18)28(25(30)17-33-23)15-20-9-11-24(34-20)26(31)27-12-4-5-13-27/h1-3,6-11,14H,4-5,12-13,15-17H2. The Morgan fingerprint density at radius 1 is 0.971 bits per heavy atom. The number of ether oxygens (including phenoxy) is 2. The minimum atomic E-state index is -0.263. The molecule has 0 radical (unpaired) electrons. The van der Waals surface area contributed by atoms with Gasteiger partial charge in [0.05, 0.1) is 12.2 Å². The van der Waals surface area contributed by atoms with Crippen LogP contribution in [0.4, 0.5) is 5.69 Å². The van der Waals surface area contributed by atoms with E-state index in [-0.39, 0.29) is 43.1 Å². The van der Waals surface area contributed by atoms with Crippen molar-refractivity contribution < 1.29 is 28.3 Å². The maximum atomic E-state index is 12.7. The van der Waals surface area contributed by atoms with E-state index in [0.717, 1.165) is 25.9 Å². The van der Waals surface area contributed by atoms with Gasteiger partial charge in [0.15, 0.2) is 24.8 Å². The van der Waals surface area contributed by atoms with Crippen LogP contribution in [-0.2, 0) is 11.3 Å². The summed E-state index contributed by atoms with van der Waals surface area (Å²) in [4.78, 5) is 41.3. The van der Waals surface area contributed by atoms with Crippen LogP contribution in [0.1, 0.15) is 39.5 Å².